The van der Waals surface area contributed by atoms with E-state index < -0.39 is 18.5 Å². The lowest BCUT2D eigenvalue weighted by molar-refractivity contribution is -0.119. The van der Waals surface area contributed by atoms with Crippen LogP contribution in [0.2, 0.25) is 0 Å². The minimum atomic E-state index is -0.606. The molecule has 0 unspecified atom stereocenters. The second kappa shape index (κ2) is 10.6. The minimum absolute atomic E-state index is 0.316. The largest absolute Gasteiger partial charge is 0.492 e. The van der Waals surface area contributed by atoms with Crippen molar-refractivity contribution in [3.05, 3.63) is 89.4 Å². The first-order chi connectivity index (χ1) is 16.1. The number of benzene rings is 2. The summed E-state index contributed by atoms with van der Waals surface area (Å²) >= 11 is 1.48. The van der Waals surface area contributed by atoms with E-state index in [-0.39, 0.29) is 0 Å². The van der Waals surface area contributed by atoms with Gasteiger partial charge in [-0.05, 0) is 36.1 Å². The SMILES string of the molecule is CCOc1ccccc1NC(=O)COC(=O)c1cn(Cc2ccccc2)nc1-c1cccs1. The number of carbonyl (C=O) groups excluding carboxylic acids is 2. The molecule has 8 heteroatoms. The predicted octanol–water partition coefficient (Wildman–Crippen LogP) is 4.85. The number of nitrogens with zero attached hydrogens (tertiary/aromatic N) is 2. The molecular weight excluding hydrogens is 438 g/mol. The number of nitrogens with one attached hydrogen (secondary N) is 1. The first-order valence-corrected chi connectivity index (χ1v) is 11.4. The Morgan fingerprint density at radius 1 is 1.03 bits per heavy atom. The lowest BCUT2D eigenvalue weighted by Crippen LogP contribution is -2.21. The fourth-order valence-corrected chi connectivity index (χ4v) is 3.99. The van der Waals surface area contributed by atoms with Crippen LogP contribution < -0.4 is 10.1 Å². The van der Waals surface area contributed by atoms with Crippen molar-refractivity contribution in [1.82, 2.24) is 9.78 Å². The first-order valence-electron chi connectivity index (χ1n) is 10.5. The van der Waals surface area contributed by atoms with Gasteiger partial charge in [-0.1, -0.05) is 48.5 Å². The number of amides is 1. The third-order valence-corrected chi connectivity index (χ3v) is 5.60. The summed E-state index contributed by atoms with van der Waals surface area (Å²) in [4.78, 5) is 26.1. The fraction of sp³-hybridized carbons (Fsp3) is 0.160. The van der Waals surface area contributed by atoms with Crippen LogP contribution in [0.15, 0.2) is 78.3 Å². The molecule has 2 aromatic heterocycles. The van der Waals surface area contributed by atoms with Gasteiger partial charge in [0.15, 0.2) is 6.61 Å². The smallest absolute Gasteiger partial charge is 0.342 e. The maximum Gasteiger partial charge on any atom is 0.342 e. The van der Waals surface area contributed by atoms with Gasteiger partial charge >= 0.3 is 5.97 Å². The van der Waals surface area contributed by atoms with Crippen LogP contribution in [0.4, 0.5) is 5.69 Å². The molecule has 0 fully saturated rings. The van der Waals surface area contributed by atoms with Gasteiger partial charge in [-0.25, -0.2) is 4.79 Å². The van der Waals surface area contributed by atoms with Crippen molar-refractivity contribution in [2.24, 2.45) is 0 Å². The van der Waals surface area contributed by atoms with Gasteiger partial charge in [-0.2, -0.15) is 5.10 Å². The topological polar surface area (TPSA) is 82.5 Å². The van der Waals surface area contributed by atoms with E-state index in [0.29, 0.717) is 35.8 Å². The highest BCUT2D eigenvalue weighted by Crippen LogP contribution is 2.28. The van der Waals surface area contributed by atoms with Crippen molar-refractivity contribution in [2.75, 3.05) is 18.5 Å². The molecule has 0 saturated heterocycles. The number of hydrogen-bond donors (Lipinski definition) is 1. The molecule has 1 amide bonds. The van der Waals surface area contributed by atoms with Gasteiger partial charge in [-0.15, -0.1) is 11.3 Å². The highest BCUT2D eigenvalue weighted by atomic mass is 32.1. The van der Waals surface area contributed by atoms with E-state index in [0.717, 1.165) is 10.4 Å². The van der Waals surface area contributed by atoms with Crippen LogP contribution in [0.3, 0.4) is 0 Å². The highest BCUT2D eigenvalue weighted by molar-refractivity contribution is 7.13. The molecule has 0 spiro atoms. The Morgan fingerprint density at radius 2 is 1.82 bits per heavy atom. The molecule has 2 aromatic carbocycles. The lowest BCUT2D eigenvalue weighted by atomic mass is 10.2. The summed E-state index contributed by atoms with van der Waals surface area (Å²) in [7, 11) is 0. The van der Waals surface area contributed by atoms with Crippen LogP contribution >= 0.6 is 11.3 Å². The van der Waals surface area contributed by atoms with Crippen molar-refractivity contribution in [3.8, 4) is 16.3 Å². The maximum absolute atomic E-state index is 12.9. The zero-order valence-electron chi connectivity index (χ0n) is 18.1. The van der Waals surface area contributed by atoms with Gasteiger partial charge in [0.25, 0.3) is 5.91 Å². The number of hydrogen-bond acceptors (Lipinski definition) is 6. The van der Waals surface area contributed by atoms with Gasteiger partial charge in [0, 0.05) is 6.20 Å². The summed E-state index contributed by atoms with van der Waals surface area (Å²) in [5.41, 5.74) is 2.43. The van der Waals surface area contributed by atoms with Crippen LogP contribution in [-0.2, 0) is 16.1 Å². The summed E-state index contributed by atoms with van der Waals surface area (Å²) in [6.45, 7) is 2.43. The van der Waals surface area contributed by atoms with Gasteiger partial charge in [0.2, 0.25) is 0 Å². The van der Waals surface area contributed by atoms with E-state index in [2.05, 4.69) is 10.4 Å². The summed E-state index contributed by atoms with van der Waals surface area (Å²) in [6.07, 6.45) is 1.66. The molecular formula is C25H23N3O4S. The van der Waals surface area contributed by atoms with E-state index >= 15 is 0 Å². The van der Waals surface area contributed by atoms with Crippen LogP contribution in [-0.4, -0.2) is 34.9 Å². The number of thiophene rings is 1. The van der Waals surface area contributed by atoms with Crippen LogP contribution in [0.1, 0.15) is 22.8 Å². The number of rotatable bonds is 9. The number of anilines is 1. The molecule has 0 aliphatic rings. The molecule has 168 valence electrons. The van der Waals surface area contributed by atoms with Crippen molar-refractivity contribution >= 4 is 28.9 Å². The Kier molecular flexibility index (Phi) is 7.16. The van der Waals surface area contributed by atoms with Gasteiger partial charge in [0.1, 0.15) is 17.0 Å². The van der Waals surface area contributed by atoms with E-state index in [1.807, 2.05) is 60.8 Å². The Bertz CT molecular complexity index is 1220. The molecule has 0 aliphatic carbocycles. The minimum Gasteiger partial charge on any atom is -0.492 e. The van der Waals surface area contributed by atoms with E-state index in [1.54, 1.807) is 29.1 Å². The van der Waals surface area contributed by atoms with Crippen LogP contribution in [0, 0.1) is 0 Å². The molecule has 0 radical (unpaired) electrons. The monoisotopic (exact) mass is 461 g/mol. The standard InChI is InChI=1S/C25H23N3O4S/c1-2-31-21-12-7-6-11-20(21)26-23(29)17-32-25(30)19-16-28(15-18-9-4-3-5-10-18)27-24(19)22-13-8-14-33-22/h3-14,16H,2,15,17H2,1H3,(H,26,29). The lowest BCUT2D eigenvalue weighted by Gasteiger charge is -2.11. The summed E-state index contributed by atoms with van der Waals surface area (Å²) in [5, 5.41) is 9.25. The highest BCUT2D eigenvalue weighted by Gasteiger charge is 2.21. The van der Waals surface area contributed by atoms with E-state index in [1.165, 1.54) is 11.3 Å². The molecule has 33 heavy (non-hydrogen) atoms. The summed E-state index contributed by atoms with van der Waals surface area (Å²) in [5.74, 6) is -0.502. The van der Waals surface area contributed by atoms with Crippen LogP contribution in [0.25, 0.3) is 10.6 Å². The van der Waals surface area contributed by atoms with Crippen molar-refractivity contribution in [3.63, 3.8) is 0 Å². The summed E-state index contributed by atoms with van der Waals surface area (Å²) in [6, 6.07) is 20.7. The average Bonchev–Trinajstić information content (AvgIpc) is 3.50. The van der Waals surface area contributed by atoms with E-state index in [9.17, 15) is 9.59 Å². The summed E-state index contributed by atoms with van der Waals surface area (Å²) < 4.78 is 12.5. The third-order valence-electron chi connectivity index (χ3n) is 4.72. The Balaban J connectivity index is 1.46. The Morgan fingerprint density at radius 3 is 2.58 bits per heavy atom. The molecule has 0 saturated carbocycles. The predicted molar refractivity (Wildman–Crippen MR) is 128 cm³/mol. The molecule has 0 aliphatic heterocycles. The number of para-hydroxylation sites is 2. The molecule has 4 aromatic rings. The first kappa shape index (κ1) is 22.3. The number of aromatic nitrogens is 2. The molecule has 7 nitrogen and oxygen atoms in total. The second-order valence-corrected chi connectivity index (χ2v) is 8.05. The molecule has 1 N–H and O–H groups in total. The zero-order chi connectivity index (χ0) is 23.0. The molecule has 0 atom stereocenters. The molecule has 0 bridgehead atoms. The van der Waals surface area contributed by atoms with Crippen molar-refractivity contribution < 1.29 is 19.1 Å². The number of esters is 1. The zero-order valence-corrected chi connectivity index (χ0v) is 18.9. The van der Waals surface area contributed by atoms with Crippen molar-refractivity contribution in [1.29, 1.82) is 0 Å². The van der Waals surface area contributed by atoms with Crippen LogP contribution in [0.5, 0.6) is 5.75 Å². The quantitative estimate of drug-likeness (QED) is 0.360. The maximum atomic E-state index is 12.9. The van der Waals surface area contributed by atoms with E-state index in [4.69, 9.17) is 9.47 Å². The normalized spacial score (nSPS) is 10.6. The van der Waals surface area contributed by atoms with Crippen molar-refractivity contribution in [2.45, 2.75) is 13.5 Å². The second-order valence-electron chi connectivity index (χ2n) is 7.11. The Labute approximate surface area is 195 Å². The van der Waals surface area contributed by atoms with Gasteiger partial charge in [-0.3, -0.25) is 9.48 Å². The average molecular weight is 462 g/mol. The van der Waals surface area contributed by atoms with Gasteiger partial charge < -0.3 is 14.8 Å². The number of carbonyl (C=O) groups is 2. The molecule has 4 rings (SSSR count). The third kappa shape index (κ3) is 5.67. The fourth-order valence-electron chi connectivity index (χ4n) is 3.26. The van der Waals surface area contributed by atoms with Gasteiger partial charge in [0.05, 0.1) is 23.7 Å². The number of ether oxygens (including phenoxy) is 2. The Hall–Kier alpha value is -3.91. The molecule has 2 heterocycles.